The quantitative estimate of drug-likeness (QED) is 0.881. The molecule has 1 N–H and O–H groups in total. The molecule has 104 valence electrons. The van der Waals surface area contributed by atoms with Gasteiger partial charge in [-0.05, 0) is 25.0 Å². The third kappa shape index (κ3) is 2.63. The number of thioether (sulfide) groups is 1. The first-order valence-corrected chi connectivity index (χ1v) is 7.20. The van der Waals surface area contributed by atoms with E-state index in [0.29, 0.717) is 17.0 Å². The molecule has 2 rings (SSSR count). The van der Waals surface area contributed by atoms with Gasteiger partial charge >= 0.3 is 5.24 Å². The molecule has 2 aromatic rings. The molecule has 0 saturated carbocycles. The van der Waals surface area contributed by atoms with E-state index in [1.165, 1.54) is 4.68 Å². The maximum Gasteiger partial charge on any atom is 0.304 e. The van der Waals surface area contributed by atoms with Gasteiger partial charge in [-0.3, -0.25) is 14.7 Å². The Labute approximate surface area is 121 Å². The first kappa shape index (κ1) is 14.4. The molecular weight excluding hydrogens is 272 g/mol. The summed E-state index contributed by atoms with van der Waals surface area (Å²) >= 11 is 1.10. The fourth-order valence-electron chi connectivity index (χ4n) is 2.07. The summed E-state index contributed by atoms with van der Waals surface area (Å²) in [4.78, 5) is 24.1. The highest BCUT2D eigenvalue weighted by molar-refractivity contribution is 8.13. The molecule has 0 aliphatic rings. The second-order valence-corrected chi connectivity index (χ2v) is 5.39. The summed E-state index contributed by atoms with van der Waals surface area (Å²) in [5, 5.41) is 2.39. The number of hydrogen-bond acceptors (Lipinski definition) is 3. The number of carbonyl (C=O) groups is 1. The number of H-pyrrole nitrogens is 1. The molecule has 5 heteroatoms. The summed E-state index contributed by atoms with van der Waals surface area (Å²) in [5.74, 6) is 0.512. The SMILES string of the molecule is C=CCSC(=O)n1[nH]c(=O)c(-c2ccccc2C)c1C. The number of aromatic amines is 1. The van der Waals surface area contributed by atoms with Gasteiger partial charge in [-0.1, -0.05) is 42.1 Å². The molecule has 0 unspecified atom stereocenters. The van der Waals surface area contributed by atoms with Crippen molar-refractivity contribution in [2.45, 2.75) is 13.8 Å². The normalized spacial score (nSPS) is 10.5. The lowest BCUT2D eigenvalue weighted by molar-refractivity contribution is 0.259. The van der Waals surface area contributed by atoms with Crippen LogP contribution in [0.2, 0.25) is 0 Å². The Kier molecular flexibility index (Phi) is 4.29. The van der Waals surface area contributed by atoms with Gasteiger partial charge < -0.3 is 0 Å². The van der Waals surface area contributed by atoms with Crippen molar-refractivity contribution in [1.82, 2.24) is 9.78 Å². The minimum absolute atomic E-state index is 0.209. The highest BCUT2D eigenvalue weighted by Gasteiger charge is 2.18. The number of nitrogens with zero attached hydrogens (tertiary/aromatic N) is 1. The van der Waals surface area contributed by atoms with Crippen LogP contribution in [0.4, 0.5) is 4.79 Å². The number of benzene rings is 1. The minimum atomic E-state index is -0.246. The van der Waals surface area contributed by atoms with Gasteiger partial charge in [0.05, 0.1) is 11.3 Å². The van der Waals surface area contributed by atoms with E-state index < -0.39 is 0 Å². The van der Waals surface area contributed by atoms with Gasteiger partial charge in [0.1, 0.15) is 0 Å². The number of hydrogen-bond donors (Lipinski definition) is 1. The van der Waals surface area contributed by atoms with Crippen LogP contribution in [-0.4, -0.2) is 20.8 Å². The molecular formula is C15H16N2O2S. The minimum Gasteiger partial charge on any atom is -0.267 e. The van der Waals surface area contributed by atoms with Crippen LogP contribution in [0.15, 0.2) is 41.7 Å². The summed E-state index contributed by atoms with van der Waals surface area (Å²) in [6, 6.07) is 7.63. The van der Waals surface area contributed by atoms with Crippen LogP contribution < -0.4 is 5.56 Å². The first-order valence-electron chi connectivity index (χ1n) is 6.22. The van der Waals surface area contributed by atoms with Crippen molar-refractivity contribution in [2.24, 2.45) is 0 Å². The zero-order valence-corrected chi connectivity index (χ0v) is 12.3. The topological polar surface area (TPSA) is 54.9 Å². The maximum atomic E-state index is 12.1. The molecule has 0 aliphatic heterocycles. The molecule has 0 fully saturated rings. The van der Waals surface area contributed by atoms with Gasteiger partial charge in [0.25, 0.3) is 5.56 Å². The number of rotatable bonds is 3. The number of carbonyl (C=O) groups excluding carboxylic acids is 1. The zero-order chi connectivity index (χ0) is 14.7. The molecule has 0 spiro atoms. The van der Waals surface area contributed by atoms with E-state index in [-0.39, 0.29) is 10.8 Å². The Bertz CT molecular complexity index is 713. The van der Waals surface area contributed by atoms with Crippen LogP contribution in [0.5, 0.6) is 0 Å². The smallest absolute Gasteiger partial charge is 0.267 e. The summed E-state index contributed by atoms with van der Waals surface area (Å²) in [6.45, 7) is 7.29. The Balaban J connectivity index is 2.50. The molecule has 1 aromatic heterocycles. The van der Waals surface area contributed by atoms with E-state index >= 15 is 0 Å². The summed E-state index contributed by atoms with van der Waals surface area (Å²) < 4.78 is 1.30. The largest absolute Gasteiger partial charge is 0.304 e. The Hall–Kier alpha value is -2.01. The highest BCUT2D eigenvalue weighted by atomic mass is 32.2. The molecule has 0 saturated heterocycles. The predicted octanol–water partition coefficient (Wildman–Crippen LogP) is 3.35. The molecule has 0 aliphatic carbocycles. The fraction of sp³-hybridized carbons (Fsp3) is 0.200. The monoisotopic (exact) mass is 288 g/mol. The van der Waals surface area contributed by atoms with Crippen molar-refractivity contribution < 1.29 is 4.79 Å². The van der Waals surface area contributed by atoms with Crippen molar-refractivity contribution in [3.05, 3.63) is 58.5 Å². The third-order valence-electron chi connectivity index (χ3n) is 3.06. The van der Waals surface area contributed by atoms with Crippen LogP contribution in [0.25, 0.3) is 11.1 Å². The third-order valence-corrected chi connectivity index (χ3v) is 3.89. The lowest BCUT2D eigenvalue weighted by Crippen LogP contribution is -2.12. The Morgan fingerprint density at radius 1 is 1.40 bits per heavy atom. The van der Waals surface area contributed by atoms with Gasteiger partial charge in [-0.2, -0.15) is 0 Å². The number of nitrogens with one attached hydrogen (secondary N) is 1. The highest BCUT2D eigenvalue weighted by Crippen LogP contribution is 2.23. The van der Waals surface area contributed by atoms with E-state index in [1.54, 1.807) is 13.0 Å². The molecule has 20 heavy (non-hydrogen) atoms. The van der Waals surface area contributed by atoms with Crippen molar-refractivity contribution >= 4 is 17.0 Å². The molecule has 0 amide bonds. The van der Waals surface area contributed by atoms with E-state index in [9.17, 15) is 9.59 Å². The molecule has 1 aromatic carbocycles. The van der Waals surface area contributed by atoms with Gasteiger partial charge in [0, 0.05) is 5.75 Å². The van der Waals surface area contributed by atoms with Gasteiger partial charge in [-0.25, -0.2) is 4.68 Å². The lowest BCUT2D eigenvalue weighted by Gasteiger charge is -2.05. The van der Waals surface area contributed by atoms with Crippen molar-refractivity contribution in [1.29, 1.82) is 0 Å². The van der Waals surface area contributed by atoms with E-state index in [4.69, 9.17) is 0 Å². The molecule has 0 atom stereocenters. The standard InChI is InChI=1S/C15H16N2O2S/c1-4-9-20-15(19)17-11(3)13(14(18)16-17)12-8-6-5-7-10(12)2/h4-8H,1,9H2,2-3H3,(H,16,18). The fourth-order valence-corrected chi connectivity index (χ4v) is 2.64. The van der Waals surface area contributed by atoms with Crippen LogP contribution >= 0.6 is 11.8 Å². The van der Waals surface area contributed by atoms with Gasteiger partial charge in [0.2, 0.25) is 0 Å². The van der Waals surface area contributed by atoms with Crippen LogP contribution in [-0.2, 0) is 0 Å². The Morgan fingerprint density at radius 3 is 2.75 bits per heavy atom. The van der Waals surface area contributed by atoms with Crippen molar-refractivity contribution in [3.63, 3.8) is 0 Å². The average Bonchev–Trinajstić information content (AvgIpc) is 2.72. The number of aryl methyl sites for hydroxylation is 1. The second kappa shape index (κ2) is 5.96. The van der Waals surface area contributed by atoms with Gasteiger partial charge in [-0.15, -0.1) is 6.58 Å². The van der Waals surface area contributed by atoms with E-state index in [2.05, 4.69) is 11.7 Å². The molecule has 1 heterocycles. The summed E-state index contributed by atoms with van der Waals surface area (Å²) in [7, 11) is 0. The van der Waals surface area contributed by atoms with Crippen molar-refractivity contribution in [2.75, 3.05) is 5.75 Å². The maximum absolute atomic E-state index is 12.1. The molecule has 4 nitrogen and oxygen atoms in total. The van der Waals surface area contributed by atoms with Gasteiger partial charge in [0.15, 0.2) is 0 Å². The van der Waals surface area contributed by atoms with Crippen LogP contribution in [0.3, 0.4) is 0 Å². The van der Waals surface area contributed by atoms with Crippen molar-refractivity contribution in [3.8, 4) is 11.1 Å². The number of aromatic nitrogens is 2. The van der Waals surface area contributed by atoms with Crippen LogP contribution in [0.1, 0.15) is 11.3 Å². The first-order chi connectivity index (χ1) is 9.56. The summed E-state index contributed by atoms with van der Waals surface area (Å²) in [6.07, 6.45) is 1.65. The summed E-state index contributed by atoms with van der Waals surface area (Å²) in [5.41, 5.74) is 2.79. The zero-order valence-electron chi connectivity index (χ0n) is 11.5. The predicted molar refractivity (Wildman–Crippen MR) is 83.4 cm³/mol. The molecule has 0 bridgehead atoms. The molecule has 0 radical (unpaired) electrons. The lowest BCUT2D eigenvalue weighted by atomic mass is 10.0. The second-order valence-electron chi connectivity index (χ2n) is 4.42. The van der Waals surface area contributed by atoms with E-state index in [1.807, 2.05) is 31.2 Å². The Morgan fingerprint density at radius 2 is 2.10 bits per heavy atom. The van der Waals surface area contributed by atoms with E-state index in [0.717, 1.165) is 22.9 Å². The van der Waals surface area contributed by atoms with Crippen LogP contribution in [0, 0.1) is 13.8 Å². The average molecular weight is 288 g/mol.